The Kier molecular flexibility index (Phi) is 5.43. The molecule has 0 fully saturated rings. The van der Waals surface area contributed by atoms with Gasteiger partial charge in [0.2, 0.25) is 10.0 Å². The van der Waals surface area contributed by atoms with E-state index < -0.39 is 16.1 Å². The highest BCUT2D eigenvalue weighted by Gasteiger charge is 2.22. The van der Waals surface area contributed by atoms with E-state index in [0.29, 0.717) is 5.56 Å². The molecule has 2 N–H and O–H groups in total. The fourth-order valence-corrected chi connectivity index (χ4v) is 4.51. The van der Waals surface area contributed by atoms with Crippen molar-refractivity contribution >= 4 is 27.3 Å². The number of hydrogen-bond acceptors (Lipinski definition) is 5. The lowest BCUT2D eigenvalue weighted by atomic mass is 10.0. The summed E-state index contributed by atoms with van der Waals surface area (Å²) >= 11 is 5.90. The van der Waals surface area contributed by atoms with E-state index in [-0.39, 0.29) is 22.2 Å². The van der Waals surface area contributed by atoms with Gasteiger partial charge in [0.1, 0.15) is 10.6 Å². The summed E-state index contributed by atoms with van der Waals surface area (Å²) < 4.78 is 32.6. The molecule has 1 atom stereocenters. The Bertz CT molecular complexity index is 917. The minimum absolute atomic E-state index is 0.0599. The number of sulfonamides is 1. The van der Waals surface area contributed by atoms with Gasteiger partial charge in [-0.15, -0.1) is 0 Å². The van der Waals surface area contributed by atoms with Crippen molar-refractivity contribution < 1.29 is 18.3 Å². The second-order valence-electron chi connectivity index (χ2n) is 6.22. The van der Waals surface area contributed by atoms with Gasteiger partial charge in [0, 0.05) is 30.8 Å². The van der Waals surface area contributed by atoms with Crippen molar-refractivity contribution in [2.75, 3.05) is 32.1 Å². The predicted molar refractivity (Wildman–Crippen MR) is 102 cm³/mol. The number of rotatable bonds is 6. The molecule has 0 aliphatic carbocycles. The van der Waals surface area contributed by atoms with Crippen LogP contribution in [0.25, 0.3) is 0 Å². The molecule has 8 heteroatoms. The molecule has 0 saturated heterocycles. The van der Waals surface area contributed by atoms with Gasteiger partial charge in [0.15, 0.2) is 0 Å². The summed E-state index contributed by atoms with van der Waals surface area (Å²) in [7, 11) is -0.467. The number of halogens is 1. The molecule has 6 nitrogen and oxygen atoms in total. The molecule has 1 aliphatic rings. The van der Waals surface area contributed by atoms with Crippen molar-refractivity contribution in [1.29, 1.82) is 0 Å². The second-order valence-corrected chi connectivity index (χ2v) is 8.39. The first kappa shape index (κ1) is 19.0. The Morgan fingerprint density at radius 2 is 2.08 bits per heavy atom. The quantitative estimate of drug-likeness (QED) is 0.783. The predicted octanol–water partition coefficient (Wildman–Crippen LogP) is 2.35. The zero-order valence-corrected chi connectivity index (χ0v) is 16.1. The molecule has 2 aromatic rings. The molecule has 1 heterocycles. The van der Waals surface area contributed by atoms with E-state index in [1.165, 1.54) is 19.2 Å². The number of methoxy groups -OCH3 is 1. The summed E-state index contributed by atoms with van der Waals surface area (Å²) in [6, 6.07) is 10.1. The summed E-state index contributed by atoms with van der Waals surface area (Å²) in [4.78, 5) is 2.09. The molecule has 26 heavy (non-hydrogen) atoms. The molecule has 0 spiro atoms. The van der Waals surface area contributed by atoms with Gasteiger partial charge in [0.25, 0.3) is 0 Å². The van der Waals surface area contributed by atoms with Crippen LogP contribution in [-0.2, 0) is 16.4 Å². The number of nitrogens with zero attached hydrogens (tertiary/aromatic N) is 1. The topological polar surface area (TPSA) is 78.9 Å². The minimum atomic E-state index is -3.88. The van der Waals surface area contributed by atoms with Gasteiger partial charge in [-0.2, -0.15) is 0 Å². The van der Waals surface area contributed by atoms with Gasteiger partial charge in [-0.25, -0.2) is 13.1 Å². The number of ether oxygens (including phenoxy) is 1. The number of aliphatic hydroxyl groups excluding tert-OH is 1. The van der Waals surface area contributed by atoms with E-state index in [1.54, 1.807) is 6.07 Å². The third-order valence-corrected chi connectivity index (χ3v) is 6.18. The van der Waals surface area contributed by atoms with E-state index in [1.807, 2.05) is 25.2 Å². The van der Waals surface area contributed by atoms with Gasteiger partial charge in [-0.3, -0.25) is 0 Å². The molecular formula is C18H21ClN2O4S. The van der Waals surface area contributed by atoms with Crippen LogP contribution < -0.4 is 14.4 Å². The fraction of sp³-hybridized carbons (Fsp3) is 0.333. The number of hydrogen-bond donors (Lipinski definition) is 2. The van der Waals surface area contributed by atoms with Crippen molar-refractivity contribution in [3.8, 4) is 5.75 Å². The van der Waals surface area contributed by atoms with E-state index in [2.05, 4.69) is 9.62 Å². The molecule has 1 unspecified atom stereocenters. The number of nitrogens with one attached hydrogen (secondary N) is 1. The normalized spacial score (nSPS) is 15.0. The zero-order valence-electron chi connectivity index (χ0n) is 14.6. The first-order valence-electron chi connectivity index (χ1n) is 8.17. The van der Waals surface area contributed by atoms with Crippen molar-refractivity contribution in [3.63, 3.8) is 0 Å². The summed E-state index contributed by atoms with van der Waals surface area (Å²) in [6.07, 6.45) is -0.0381. The Balaban J connectivity index is 1.75. The fourth-order valence-electron chi connectivity index (χ4n) is 3.04. The van der Waals surface area contributed by atoms with Crippen LogP contribution in [0.4, 0.5) is 5.69 Å². The van der Waals surface area contributed by atoms with Gasteiger partial charge < -0.3 is 14.7 Å². The summed E-state index contributed by atoms with van der Waals surface area (Å²) in [5.74, 6) is 0.192. The highest BCUT2D eigenvalue weighted by Crippen LogP contribution is 2.30. The van der Waals surface area contributed by atoms with Gasteiger partial charge in [0.05, 0.1) is 13.2 Å². The Morgan fingerprint density at radius 1 is 1.31 bits per heavy atom. The molecule has 2 aromatic carbocycles. The van der Waals surface area contributed by atoms with E-state index >= 15 is 0 Å². The van der Waals surface area contributed by atoms with Crippen LogP contribution in [0.5, 0.6) is 5.75 Å². The highest BCUT2D eigenvalue weighted by molar-refractivity contribution is 7.89. The lowest BCUT2D eigenvalue weighted by Crippen LogP contribution is -2.29. The Labute approximate surface area is 158 Å². The zero-order chi connectivity index (χ0) is 18.9. The summed E-state index contributed by atoms with van der Waals surface area (Å²) in [5.41, 5.74) is 2.98. The van der Waals surface area contributed by atoms with E-state index in [4.69, 9.17) is 16.3 Å². The molecule has 0 bridgehead atoms. The van der Waals surface area contributed by atoms with Crippen molar-refractivity contribution in [2.45, 2.75) is 17.4 Å². The van der Waals surface area contributed by atoms with Crippen LogP contribution in [0.15, 0.2) is 41.3 Å². The Morgan fingerprint density at radius 3 is 2.81 bits per heavy atom. The largest absolute Gasteiger partial charge is 0.495 e. The van der Waals surface area contributed by atoms with Gasteiger partial charge >= 0.3 is 0 Å². The maximum absolute atomic E-state index is 12.6. The third-order valence-electron chi connectivity index (χ3n) is 4.50. The first-order valence-corrected chi connectivity index (χ1v) is 10.0. The van der Waals surface area contributed by atoms with Crippen LogP contribution in [0.1, 0.15) is 17.2 Å². The SMILES string of the molecule is COc1ccc(Cl)cc1S(=O)(=O)NCC(O)c1ccc2c(c1)CCN2C. The molecular weight excluding hydrogens is 376 g/mol. The van der Waals surface area contributed by atoms with Crippen LogP contribution in [0.3, 0.4) is 0 Å². The van der Waals surface area contributed by atoms with Crippen molar-refractivity contribution in [2.24, 2.45) is 0 Å². The van der Waals surface area contributed by atoms with Crippen LogP contribution in [-0.4, -0.2) is 40.8 Å². The van der Waals surface area contributed by atoms with Crippen LogP contribution in [0, 0.1) is 0 Å². The maximum atomic E-state index is 12.6. The molecule has 3 rings (SSSR count). The maximum Gasteiger partial charge on any atom is 0.244 e. The molecule has 0 amide bonds. The molecule has 1 aliphatic heterocycles. The minimum Gasteiger partial charge on any atom is -0.495 e. The van der Waals surface area contributed by atoms with Crippen molar-refractivity contribution in [1.82, 2.24) is 4.72 Å². The van der Waals surface area contributed by atoms with E-state index in [9.17, 15) is 13.5 Å². The standard InChI is InChI=1S/C18H21ClN2O4S/c1-21-8-7-12-9-13(3-5-15(12)21)16(22)11-20-26(23,24)18-10-14(19)4-6-17(18)25-2/h3-6,9-10,16,20,22H,7-8,11H2,1-2H3. The van der Waals surface area contributed by atoms with E-state index in [0.717, 1.165) is 24.2 Å². The molecule has 0 saturated carbocycles. The molecule has 0 aromatic heterocycles. The number of anilines is 1. The van der Waals surface area contributed by atoms with Gasteiger partial charge in [-0.1, -0.05) is 23.7 Å². The lowest BCUT2D eigenvalue weighted by Gasteiger charge is -2.16. The number of likely N-dealkylation sites (N-methyl/N-ethyl adjacent to an activating group) is 1. The third kappa shape index (κ3) is 3.81. The smallest absolute Gasteiger partial charge is 0.244 e. The molecule has 0 radical (unpaired) electrons. The average Bonchev–Trinajstić information content (AvgIpc) is 3.00. The average molecular weight is 397 g/mol. The van der Waals surface area contributed by atoms with Crippen LogP contribution >= 0.6 is 11.6 Å². The Hall–Kier alpha value is -1.80. The highest BCUT2D eigenvalue weighted by atomic mass is 35.5. The van der Waals surface area contributed by atoms with Crippen molar-refractivity contribution in [3.05, 3.63) is 52.5 Å². The monoisotopic (exact) mass is 396 g/mol. The lowest BCUT2D eigenvalue weighted by molar-refractivity contribution is 0.182. The number of aliphatic hydroxyl groups is 1. The van der Waals surface area contributed by atoms with Gasteiger partial charge in [-0.05, 0) is 41.8 Å². The number of fused-ring (bicyclic) bond motifs is 1. The summed E-state index contributed by atoms with van der Waals surface area (Å²) in [5, 5.41) is 10.7. The summed E-state index contributed by atoms with van der Waals surface area (Å²) in [6.45, 7) is 0.794. The van der Waals surface area contributed by atoms with Crippen LogP contribution in [0.2, 0.25) is 5.02 Å². The second kappa shape index (κ2) is 7.44. The number of benzene rings is 2. The molecule has 140 valence electrons. The first-order chi connectivity index (χ1) is 12.3.